The Morgan fingerprint density at radius 1 is 1.28 bits per heavy atom. The van der Waals surface area contributed by atoms with Gasteiger partial charge >= 0.3 is 5.69 Å². The van der Waals surface area contributed by atoms with Gasteiger partial charge in [-0.2, -0.15) is 0 Å². The van der Waals surface area contributed by atoms with Crippen LogP contribution in [0, 0.1) is 4.91 Å². The molecule has 0 aliphatic carbocycles. The molecule has 1 aromatic rings. The van der Waals surface area contributed by atoms with Crippen molar-refractivity contribution in [2.24, 2.45) is 0 Å². The van der Waals surface area contributed by atoms with Gasteiger partial charge in [-0.25, -0.2) is 5.21 Å². The number of hydrogen-bond donors (Lipinski definition) is 3. The van der Waals surface area contributed by atoms with Crippen molar-refractivity contribution in [2.45, 2.75) is 0 Å². The highest BCUT2D eigenvalue weighted by molar-refractivity contribution is 5.62. The Morgan fingerprint density at radius 2 is 1.89 bits per heavy atom. The minimum absolute atomic E-state index is 0.0450. The summed E-state index contributed by atoms with van der Waals surface area (Å²) in [4.78, 5) is 12.2. The fourth-order valence-corrected chi connectivity index (χ4v) is 1.64. The number of aliphatic hydroxyl groups is 2. The van der Waals surface area contributed by atoms with Gasteiger partial charge in [0.05, 0.1) is 37.0 Å². The van der Waals surface area contributed by atoms with E-state index in [9.17, 15) is 4.91 Å². The van der Waals surface area contributed by atoms with Gasteiger partial charge in [0, 0.05) is 19.2 Å². The van der Waals surface area contributed by atoms with Crippen molar-refractivity contribution in [1.29, 1.82) is 0 Å². The lowest BCUT2D eigenvalue weighted by Crippen LogP contribution is -2.30. The van der Waals surface area contributed by atoms with Crippen molar-refractivity contribution in [3.05, 3.63) is 23.1 Å². The Hall–Kier alpha value is -1.86. The van der Waals surface area contributed by atoms with Crippen molar-refractivity contribution in [2.75, 3.05) is 38.3 Å². The van der Waals surface area contributed by atoms with Crippen molar-refractivity contribution >= 4 is 11.4 Å². The summed E-state index contributed by atoms with van der Waals surface area (Å²) in [5.74, 6) is 0.379. The molecule has 7 heteroatoms. The molecule has 0 heterocycles. The molecule has 1 aromatic carbocycles. The minimum atomic E-state index is -0.255. The van der Waals surface area contributed by atoms with E-state index in [1.807, 2.05) is 0 Å². The van der Waals surface area contributed by atoms with E-state index in [0.717, 1.165) is 0 Å². The first-order chi connectivity index (χ1) is 8.63. The Labute approximate surface area is 104 Å². The van der Waals surface area contributed by atoms with Gasteiger partial charge in [0.1, 0.15) is 5.75 Å². The zero-order chi connectivity index (χ0) is 13.5. The molecule has 0 spiro atoms. The largest absolute Gasteiger partial charge is 0.494 e. The maximum atomic E-state index is 10.8. The van der Waals surface area contributed by atoms with Crippen molar-refractivity contribution in [3.8, 4) is 5.75 Å². The number of nitrogens with zero attached hydrogens (tertiary/aromatic N) is 2. The molecule has 0 aromatic heterocycles. The number of benzene rings is 1. The average molecular weight is 257 g/mol. The molecule has 0 saturated heterocycles. The minimum Gasteiger partial charge on any atom is -0.494 e. The van der Waals surface area contributed by atoms with E-state index in [-0.39, 0.29) is 23.8 Å². The van der Waals surface area contributed by atoms with E-state index in [1.54, 1.807) is 11.0 Å². The lowest BCUT2D eigenvalue weighted by Gasteiger charge is -2.24. The normalized spacial score (nSPS) is 10.2. The second kappa shape index (κ2) is 6.77. The Balaban J connectivity index is 3.09. The standard InChI is InChI=1S/C11H17N2O5/c1-18-11-8-9(13(16)17)2-3-10(11)12(4-6-14)5-7-15/h2-3,8,14-15H,4-7H2,1H3,(H,16,17)/q+1. The molecule has 18 heavy (non-hydrogen) atoms. The lowest BCUT2D eigenvalue weighted by atomic mass is 10.2. The van der Waals surface area contributed by atoms with Crippen LogP contribution in [0.15, 0.2) is 18.2 Å². The third-order valence-electron chi connectivity index (χ3n) is 2.46. The van der Waals surface area contributed by atoms with Crippen molar-refractivity contribution in [1.82, 2.24) is 0 Å². The smallest absolute Gasteiger partial charge is 0.320 e. The van der Waals surface area contributed by atoms with Gasteiger partial charge in [-0.05, 0) is 6.07 Å². The van der Waals surface area contributed by atoms with Crippen LogP contribution >= 0.6 is 0 Å². The molecular formula is C11H17N2O5+. The number of hydrogen-bond acceptors (Lipinski definition) is 5. The highest BCUT2D eigenvalue weighted by atomic mass is 16.6. The van der Waals surface area contributed by atoms with Gasteiger partial charge in [0.25, 0.3) is 4.92 Å². The fourth-order valence-electron chi connectivity index (χ4n) is 1.64. The molecule has 0 unspecified atom stereocenters. The van der Waals surface area contributed by atoms with Gasteiger partial charge in [-0.15, -0.1) is 0 Å². The van der Waals surface area contributed by atoms with E-state index >= 15 is 0 Å². The number of ether oxygens (including phenoxy) is 1. The molecule has 1 rings (SSSR count). The molecular weight excluding hydrogens is 240 g/mol. The molecule has 3 N–H and O–H groups in total. The van der Waals surface area contributed by atoms with E-state index in [1.165, 1.54) is 19.2 Å². The Morgan fingerprint density at radius 3 is 2.33 bits per heavy atom. The number of aliphatic hydroxyl groups excluding tert-OH is 2. The number of anilines is 1. The summed E-state index contributed by atoms with van der Waals surface area (Å²) in [7, 11) is 1.44. The molecule has 0 atom stereocenters. The molecule has 7 nitrogen and oxygen atoms in total. The monoisotopic (exact) mass is 257 g/mol. The summed E-state index contributed by atoms with van der Waals surface area (Å²) in [5.41, 5.74) is 0.676. The molecule has 0 amide bonds. The zero-order valence-electron chi connectivity index (χ0n) is 10.1. The first-order valence-electron chi connectivity index (χ1n) is 5.45. The first-order valence-corrected chi connectivity index (χ1v) is 5.45. The maximum Gasteiger partial charge on any atom is 0.320 e. The van der Waals surface area contributed by atoms with Gasteiger partial charge < -0.3 is 19.8 Å². The highest BCUT2D eigenvalue weighted by Crippen LogP contribution is 2.31. The average Bonchev–Trinajstić information content (AvgIpc) is 2.37. The molecule has 100 valence electrons. The molecule has 0 aliphatic rings. The van der Waals surface area contributed by atoms with Gasteiger partial charge in [-0.3, -0.25) is 0 Å². The van der Waals surface area contributed by atoms with Crippen LogP contribution in [0.2, 0.25) is 0 Å². The summed E-state index contributed by atoms with van der Waals surface area (Å²) < 4.78 is 5.13. The van der Waals surface area contributed by atoms with Crippen LogP contribution in [0.25, 0.3) is 0 Å². The van der Waals surface area contributed by atoms with E-state index in [4.69, 9.17) is 20.2 Å². The van der Waals surface area contributed by atoms with Crippen molar-refractivity contribution in [3.63, 3.8) is 0 Å². The summed E-state index contributed by atoms with van der Waals surface area (Å²) >= 11 is 0. The van der Waals surface area contributed by atoms with Crippen LogP contribution < -0.4 is 9.64 Å². The second-order valence-corrected chi connectivity index (χ2v) is 3.56. The second-order valence-electron chi connectivity index (χ2n) is 3.56. The van der Waals surface area contributed by atoms with Gasteiger partial charge in [-0.1, -0.05) is 0 Å². The zero-order valence-corrected chi connectivity index (χ0v) is 10.1. The molecule has 0 saturated carbocycles. The van der Waals surface area contributed by atoms with Crippen LogP contribution in [0.4, 0.5) is 11.4 Å². The molecule has 0 bridgehead atoms. The van der Waals surface area contributed by atoms with Crippen LogP contribution in [0.5, 0.6) is 5.75 Å². The quantitative estimate of drug-likeness (QED) is 0.608. The fraction of sp³-hybridized carbons (Fsp3) is 0.455. The SMILES string of the molecule is COc1cc([N+](=O)O)ccc1N(CCO)CCO. The summed E-state index contributed by atoms with van der Waals surface area (Å²) in [6, 6.07) is 4.39. The van der Waals surface area contributed by atoms with Crippen LogP contribution in [-0.4, -0.2) is 53.8 Å². The predicted molar refractivity (Wildman–Crippen MR) is 64.5 cm³/mol. The van der Waals surface area contributed by atoms with E-state index < -0.39 is 0 Å². The topological polar surface area (TPSA) is 93.2 Å². The molecule has 0 aliphatic heterocycles. The summed E-state index contributed by atoms with van der Waals surface area (Å²) in [6.45, 7) is 0.518. The van der Waals surface area contributed by atoms with E-state index in [2.05, 4.69) is 0 Å². The lowest BCUT2D eigenvalue weighted by molar-refractivity contribution is -0.729. The Bertz CT molecular complexity index is 404. The van der Waals surface area contributed by atoms with Crippen molar-refractivity contribution < 1.29 is 25.1 Å². The number of rotatable bonds is 7. The third kappa shape index (κ3) is 3.31. The molecule has 0 radical (unpaired) electrons. The van der Waals surface area contributed by atoms with Crippen LogP contribution in [0.1, 0.15) is 0 Å². The van der Waals surface area contributed by atoms with Crippen LogP contribution in [0.3, 0.4) is 0 Å². The third-order valence-corrected chi connectivity index (χ3v) is 2.46. The van der Waals surface area contributed by atoms with Crippen LogP contribution in [-0.2, 0) is 0 Å². The van der Waals surface area contributed by atoms with Gasteiger partial charge in [0.15, 0.2) is 0 Å². The summed E-state index contributed by atoms with van der Waals surface area (Å²) in [6.07, 6.45) is 0. The predicted octanol–water partition coefficient (Wildman–Crippen LogP) is 0.286. The van der Waals surface area contributed by atoms with Gasteiger partial charge in [0.2, 0.25) is 0 Å². The maximum absolute atomic E-state index is 10.8. The highest BCUT2D eigenvalue weighted by Gasteiger charge is 2.18. The summed E-state index contributed by atoms with van der Waals surface area (Å²) in [5, 5.41) is 26.7. The Kier molecular flexibility index (Phi) is 5.34. The first kappa shape index (κ1) is 14.2. The molecule has 0 fully saturated rings. The number of methoxy groups -OCH3 is 1. The van der Waals surface area contributed by atoms with E-state index in [0.29, 0.717) is 24.5 Å².